The first-order chi connectivity index (χ1) is 17.9. The highest BCUT2D eigenvalue weighted by atomic mass is 16.2. The van der Waals surface area contributed by atoms with Gasteiger partial charge in [-0.3, -0.25) is 24.0 Å². The highest BCUT2D eigenvalue weighted by Crippen LogP contribution is 2.65. The zero-order chi connectivity index (χ0) is 28.2. The van der Waals surface area contributed by atoms with Gasteiger partial charge in [0.25, 0.3) is 5.91 Å². The average Bonchev–Trinajstić information content (AvgIpc) is 3.22. The molecule has 0 radical (unpaired) electrons. The van der Waals surface area contributed by atoms with Crippen LogP contribution in [-0.4, -0.2) is 59.4 Å². The van der Waals surface area contributed by atoms with E-state index in [1.807, 2.05) is 6.92 Å². The second-order valence-electron chi connectivity index (χ2n) is 12.5. The fourth-order valence-corrected chi connectivity index (χ4v) is 6.55. The van der Waals surface area contributed by atoms with E-state index in [4.69, 9.17) is 0 Å². The van der Waals surface area contributed by atoms with Crippen LogP contribution < -0.4 is 10.6 Å². The van der Waals surface area contributed by atoms with Gasteiger partial charge >= 0.3 is 0 Å². The number of amides is 3. The Kier molecular flexibility index (Phi) is 9.93. The minimum Gasteiger partial charge on any atom is -0.349 e. The van der Waals surface area contributed by atoms with Gasteiger partial charge in [-0.25, -0.2) is 0 Å². The van der Waals surface area contributed by atoms with Crippen LogP contribution in [-0.2, 0) is 24.0 Å². The van der Waals surface area contributed by atoms with Crippen LogP contribution >= 0.6 is 0 Å². The van der Waals surface area contributed by atoms with Gasteiger partial charge in [-0.2, -0.15) is 0 Å². The molecule has 3 aliphatic rings. The summed E-state index contributed by atoms with van der Waals surface area (Å²) in [6.07, 6.45) is 8.07. The van der Waals surface area contributed by atoms with E-state index in [1.54, 1.807) is 24.8 Å². The summed E-state index contributed by atoms with van der Waals surface area (Å²) in [6, 6.07) is -1.66. The number of hydrogen-bond donors (Lipinski definition) is 2. The Morgan fingerprint density at radius 2 is 1.71 bits per heavy atom. The Morgan fingerprint density at radius 1 is 1.05 bits per heavy atom. The third-order valence-electron chi connectivity index (χ3n) is 9.32. The van der Waals surface area contributed by atoms with Gasteiger partial charge in [0.1, 0.15) is 11.8 Å². The fraction of sp³-hybridized carbons (Fsp3) is 0.767. The molecule has 0 aromatic heterocycles. The van der Waals surface area contributed by atoms with Crippen LogP contribution in [0, 0.1) is 35.0 Å². The molecule has 2 saturated carbocycles. The zero-order valence-corrected chi connectivity index (χ0v) is 23.9. The lowest BCUT2D eigenvalue weighted by atomic mass is 9.80. The first kappa shape index (κ1) is 30.0. The number of fused-ring (bicyclic) bond motifs is 1. The number of hydrogen-bond acceptors (Lipinski definition) is 5. The molecule has 1 aliphatic heterocycles. The molecule has 1 unspecified atom stereocenters. The van der Waals surface area contributed by atoms with Gasteiger partial charge in [0.05, 0.1) is 6.04 Å². The molecule has 0 aromatic rings. The van der Waals surface area contributed by atoms with Crippen molar-refractivity contribution in [2.75, 3.05) is 13.1 Å². The second-order valence-corrected chi connectivity index (χ2v) is 12.5. The van der Waals surface area contributed by atoms with E-state index in [0.717, 1.165) is 25.7 Å². The van der Waals surface area contributed by atoms with Crippen molar-refractivity contribution in [3.05, 3.63) is 12.7 Å². The summed E-state index contributed by atoms with van der Waals surface area (Å²) in [6.45, 7) is 14.2. The third-order valence-corrected chi connectivity index (χ3v) is 9.32. The predicted octanol–water partition coefficient (Wildman–Crippen LogP) is 3.44. The molecule has 2 aliphatic carbocycles. The largest absolute Gasteiger partial charge is 0.349 e. The molecular formula is C30H47N3O5. The van der Waals surface area contributed by atoms with E-state index in [2.05, 4.69) is 31.1 Å². The summed E-state index contributed by atoms with van der Waals surface area (Å²) in [5.74, 6) is -1.53. The topological polar surface area (TPSA) is 113 Å². The van der Waals surface area contributed by atoms with Crippen LogP contribution in [0.3, 0.4) is 0 Å². The van der Waals surface area contributed by atoms with Crippen LogP contribution in [0.4, 0.5) is 0 Å². The van der Waals surface area contributed by atoms with E-state index < -0.39 is 23.8 Å². The van der Waals surface area contributed by atoms with E-state index in [-0.39, 0.29) is 66.1 Å². The summed E-state index contributed by atoms with van der Waals surface area (Å²) in [7, 11) is 0. The van der Waals surface area contributed by atoms with Gasteiger partial charge in [0.2, 0.25) is 17.6 Å². The van der Waals surface area contributed by atoms with Crippen molar-refractivity contribution in [1.29, 1.82) is 0 Å². The lowest BCUT2D eigenvalue weighted by molar-refractivity contribution is -0.146. The molecule has 0 aromatic carbocycles. The standard InChI is InChI=1S/C30H47N3O5/c1-7-8-14-22(26(35)28(37)31-16-15-23(34)18(2)3)32-27(36)25-24-21(30(24,5)6)17-33(25)29(38)19(4)20-12-10-9-11-13-20/h7,18-22,24-25H,1,8-17H2,2-6H3,(H,31,37)(H,32,36)/t19-,21-,22?,24-,25-/m0/s1. The molecule has 3 fully saturated rings. The van der Waals surface area contributed by atoms with Crippen molar-refractivity contribution in [2.24, 2.45) is 35.0 Å². The molecular weight excluding hydrogens is 482 g/mol. The molecule has 8 nitrogen and oxygen atoms in total. The van der Waals surface area contributed by atoms with Crippen molar-refractivity contribution in [3.63, 3.8) is 0 Å². The van der Waals surface area contributed by atoms with Crippen molar-refractivity contribution in [1.82, 2.24) is 15.5 Å². The van der Waals surface area contributed by atoms with Gasteiger partial charge in [-0.15, -0.1) is 6.58 Å². The first-order valence-corrected chi connectivity index (χ1v) is 14.5. The summed E-state index contributed by atoms with van der Waals surface area (Å²) in [5, 5.41) is 5.36. The van der Waals surface area contributed by atoms with Crippen LogP contribution in [0.5, 0.6) is 0 Å². The van der Waals surface area contributed by atoms with E-state index in [0.29, 0.717) is 18.9 Å². The molecule has 3 rings (SSSR count). The Bertz CT molecular complexity index is 936. The number of Topliss-reactive ketones (excluding diaryl/α,β-unsaturated/α-hetero) is 2. The average molecular weight is 530 g/mol. The monoisotopic (exact) mass is 529 g/mol. The summed E-state index contributed by atoms with van der Waals surface area (Å²) in [5.41, 5.74) is -0.0478. The predicted molar refractivity (Wildman–Crippen MR) is 146 cm³/mol. The number of carbonyl (C=O) groups is 5. The number of rotatable bonds is 13. The molecule has 2 N–H and O–H groups in total. The van der Waals surface area contributed by atoms with Gasteiger partial charge in [0, 0.05) is 31.3 Å². The summed E-state index contributed by atoms with van der Waals surface area (Å²) < 4.78 is 0. The van der Waals surface area contributed by atoms with Crippen LogP contribution in [0.2, 0.25) is 0 Å². The van der Waals surface area contributed by atoms with Gasteiger partial charge in [0.15, 0.2) is 0 Å². The summed E-state index contributed by atoms with van der Waals surface area (Å²) >= 11 is 0. The molecule has 1 saturated heterocycles. The van der Waals surface area contributed by atoms with Gasteiger partial charge in [-0.05, 0) is 48.9 Å². The lowest BCUT2D eigenvalue weighted by Crippen LogP contribution is -2.56. The highest BCUT2D eigenvalue weighted by molar-refractivity contribution is 6.38. The van der Waals surface area contributed by atoms with Crippen molar-refractivity contribution in [3.8, 4) is 0 Å². The molecule has 5 atom stereocenters. The van der Waals surface area contributed by atoms with Crippen molar-refractivity contribution >= 4 is 29.3 Å². The minimum absolute atomic E-state index is 0.00399. The smallest absolute Gasteiger partial charge is 0.289 e. The number of likely N-dealkylation sites (tertiary alicyclic amines) is 1. The summed E-state index contributed by atoms with van der Waals surface area (Å²) in [4.78, 5) is 66.6. The van der Waals surface area contributed by atoms with E-state index in [1.165, 1.54) is 6.42 Å². The van der Waals surface area contributed by atoms with E-state index in [9.17, 15) is 24.0 Å². The Balaban J connectivity index is 1.69. The van der Waals surface area contributed by atoms with Gasteiger partial charge < -0.3 is 15.5 Å². The quantitative estimate of drug-likeness (QED) is 0.280. The van der Waals surface area contributed by atoms with Crippen LogP contribution in [0.1, 0.15) is 86.0 Å². The number of piperidine rings is 1. The Labute approximate surface area is 227 Å². The maximum absolute atomic E-state index is 13.7. The Morgan fingerprint density at radius 3 is 2.32 bits per heavy atom. The molecule has 0 spiro atoms. The minimum atomic E-state index is -1.02. The second kappa shape index (κ2) is 12.6. The maximum Gasteiger partial charge on any atom is 0.289 e. The number of nitrogens with zero attached hydrogens (tertiary/aromatic N) is 1. The zero-order valence-electron chi connectivity index (χ0n) is 23.9. The number of nitrogens with one attached hydrogen (secondary N) is 2. The third kappa shape index (κ3) is 6.55. The first-order valence-electron chi connectivity index (χ1n) is 14.5. The molecule has 1 heterocycles. The van der Waals surface area contributed by atoms with Crippen molar-refractivity contribution < 1.29 is 24.0 Å². The Hall–Kier alpha value is -2.51. The normalized spacial score (nSPS) is 25.7. The number of allylic oxidation sites excluding steroid dienone is 1. The van der Waals surface area contributed by atoms with Crippen LogP contribution in [0.15, 0.2) is 12.7 Å². The molecule has 212 valence electrons. The van der Waals surface area contributed by atoms with Gasteiger partial charge in [-0.1, -0.05) is 60.0 Å². The number of ketones is 2. The van der Waals surface area contributed by atoms with Crippen molar-refractivity contribution in [2.45, 2.75) is 98.1 Å². The molecule has 8 heteroatoms. The van der Waals surface area contributed by atoms with E-state index >= 15 is 0 Å². The SMILES string of the molecule is C=CCCC(NC(=O)[C@@H]1[C@@H]2[C@H](CN1C(=O)[C@@H](C)C1CCCCC1)C2(C)C)C(=O)C(=O)NCCC(=O)C(C)C. The molecule has 38 heavy (non-hydrogen) atoms. The number of carbonyl (C=O) groups excluding carboxylic acids is 5. The highest BCUT2D eigenvalue weighted by Gasteiger charge is 2.69. The lowest BCUT2D eigenvalue weighted by Gasteiger charge is -2.35. The maximum atomic E-state index is 13.7. The molecule has 0 bridgehead atoms. The molecule has 3 amide bonds. The van der Waals surface area contributed by atoms with Crippen LogP contribution in [0.25, 0.3) is 0 Å². The fourth-order valence-electron chi connectivity index (χ4n) is 6.55.